The average Bonchev–Trinajstić information content (AvgIpc) is 2.47. The lowest BCUT2D eigenvalue weighted by atomic mass is 9.85. The van der Waals surface area contributed by atoms with Gasteiger partial charge in [0.25, 0.3) is 5.91 Å². The van der Waals surface area contributed by atoms with Crippen LogP contribution in [0.25, 0.3) is 5.57 Å². The Kier molecular flexibility index (Phi) is 3.85. The first-order chi connectivity index (χ1) is 10.5. The van der Waals surface area contributed by atoms with E-state index in [1.54, 1.807) is 42.5 Å². The topological polar surface area (TPSA) is 46.5 Å². The zero-order valence-corrected chi connectivity index (χ0v) is 13.2. The molecule has 110 valence electrons. The van der Waals surface area contributed by atoms with E-state index in [2.05, 4.69) is 4.99 Å². The minimum absolute atomic E-state index is 0.246. The molecule has 1 aliphatic heterocycles. The van der Waals surface area contributed by atoms with Gasteiger partial charge in [-0.05, 0) is 48.4 Å². The fourth-order valence-corrected chi connectivity index (χ4v) is 2.91. The molecule has 0 unspecified atom stereocenters. The van der Waals surface area contributed by atoms with Crippen LogP contribution in [-0.2, 0) is 9.59 Å². The van der Waals surface area contributed by atoms with Gasteiger partial charge in [0.05, 0.1) is 5.36 Å². The molecule has 0 fully saturated rings. The maximum Gasteiger partial charge on any atom is 0.261 e. The number of fused-ring (bicyclic) bond motifs is 1. The SMILES string of the molecule is CC(=O)[C@@H]1C(=O)N=c2ccc(Cl)cc2=C1c1ccc(Cl)cc1. The predicted octanol–water partition coefficient (Wildman–Crippen LogP) is 2.56. The van der Waals surface area contributed by atoms with Crippen molar-refractivity contribution < 1.29 is 9.59 Å². The van der Waals surface area contributed by atoms with Crippen LogP contribution in [0.1, 0.15) is 12.5 Å². The zero-order valence-electron chi connectivity index (χ0n) is 11.6. The summed E-state index contributed by atoms with van der Waals surface area (Å²) < 4.78 is 0. The quantitative estimate of drug-likeness (QED) is 0.794. The Morgan fingerprint density at radius 3 is 2.32 bits per heavy atom. The molecule has 0 aromatic heterocycles. The molecule has 1 atom stereocenters. The summed E-state index contributed by atoms with van der Waals surface area (Å²) in [4.78, 5) is 28.3. The molecule has 5 heteroatoms. The minimum atomic E-state index is -0.910. The first-order valence-corrected chi connectivity index (χ1v) is 7.41. The van der Waals surface area contributed by atoms with Crippen molar-refractivity contribution in [2.45, 2.75) is 6.92 Å². The van der Waals surface area contributed by atoms with E-state index in [0.717, 1.165) is 5.56 Å². The number of benzene rings is 2. The highest BCUT2D eigenvalue weighted by molar-refractivity contribution is 6.31. The number of nitrogens with zero attached hydrogens (tertiary/aromatic N) is 1. The Hall–Kier alpha value is -1.97. The van der Waals surface area contributed by atoms with Gasteiger partial charge in [-0.25, -0.2) is 4.99 Å². The molecule has 1 amide bonds. The van der Waals surface area contributed by atoms with Crippen molar-refractivity contribution in [1.29, 1.82) is 0 Å². The van der Waals surface area contributed by atoms with Crippen molar-refractivity contribution in [3.05, 3.63) is 68.6 Å². The highest BCUT2D eigenvalue weighted by Crippen LogP contribution is 2.25. The van der Waals surface area contributed by atoms with Gasteiger partial charge in [-0.1, -0.05) is 35.3 Å². The largest absolute Gasteiger partial charge is 0.299 e. The maximum atomic E-state index is 12.3. The predicted molar refractivity (Wildman–Crippen MR) is 85.4 cm³/mol. The fourth-order valence-electron chi connectivity index (χ4n) is 2.61. The van der Waals surface area contributed by atoms with Crippen LogP contribution in [0.3, 0.4) is 0 Å². The second-order valence-electron chi connectivity index (χ2n) is 5.08. The number of hydrogen-bond donors (Lipinski definition) is 0. The normalized spacial score (nSPS) is 17.0. The second kappa shape index (κ2) is 5.67. The summed E-state index contributed by atoms with van der Waals surface area (Å²) in [5.74, 6) is -1.61. The van der Waals surface area contributed by atoms with Gasteiger partial charge in [0.15, 0.2) is 0 Å². The third kappa shape index (κ3) is 2.58. The molecular formula is C17H11Cl2NO2. The number of halogens is 2. The molecule has 0 N–H and O–H groups in total. The highest BCUT2D eigenvalue weighted by atomic mass is 35.5. The minimum Gasteiger partial charge on any atom is -0.299 e. The van der Waals surface area contributed by atoms with Gasteiger partial charge < -0.3 is 0 Å². The standard InChI is InChI=1S/C17H11Cl2NO2/c1-9(21)15-16(10-2-4-11(18)5-3-10)13-8-12(19)6-7-14(13)20-17(15)22/h2-8,15H,1H3/t15-/m0/s1. The average molecular weight is 332 g/mol. The first kappa shape index (κ1) is 14.9. The molecule has 0 radical (unpaired) electrons. The van der Waals surface area contributed by atoms with Crippen molar-refractivity contribution >= 4 is 40.5 Å². The first-order valence-electron chi connectivity index (χ1n) is 6.66. The van der Waals surface area contributed by atoms with E-state index in [0.29, 0.717) is 26.2 Å². The molecule has 22 heavy (non-hydrogen) atoms. The molecule has 0 aliphatic carbocycles. The number of carbonyl (C=O) groups excluding carboxylic acids is 2. The van der Waals surface area contributed by atoms with Crippen molar-refractivity contribution in [3.8, 4) is 0 Å². The Bertz CT molecular complexity index is 901. The van der Waals surface area contributed by atoms with Crippen LogP contribution in [0.2, 0.25) is 10.0 Å². The third-order valence-electron chi connectivity index (χ3n) is 3.58. The summed E-state index contributed by atoms with van der Waals surface area (Å²) >= 11 is 12.0. The lowest BCUT2D eigenvalue weighted by molar-refractivity contribution is -0.128. The molecule has 0 bridgehead atoms. The number of ketones is 1. The van der Waals surface area contributed by atoms with Crippen LogP contribution in [0.5, 0.6) is 0 Å². The molecule has 2 aromatic carbocycles. The van der Waals surface area contributed by atoms with E-state index in [9.17, 15) is 9.59 Å². The van der Waals surface area contributed by atoms with Gasteiger partial charge in [0.1, 0.15) is 11.7 Å². The van der Waals surface area contributed by atoms with Crippen molar-refractivity contribution in [2.75, 3.05) is 0 Å². The maximum absolute atomic E-state index is 12.3. The summed E-state index contributed by atoms with van der Waals surface area (Å²) in [7, 11) is 0. The van der Waals surface area contributed by atoms with Gasteiger partial charge in [0.2, 0.25) is 0 Å². The number of carbonyl (C=O) groups is 2. The van der Waals surface area contributed by atoms with Gasteiger partial charge >= 0.3 is 0 Å². The zero-order chi connectivity index (χ0) is 15.9. The number of amides is 1. The molecule has 0 spiro atoms. The second-order valence-corrected chi connectivity index (χ2v) is 5.95. The van der Waals surface area contributed by atoms with E-state index in [-0.39, 0.29) is 5.78 Å². The van der Waals surface area contributed by atoms with Crippen LogP contribution in [0, 0.1) is 5.92 Å². The number of Topliss-reactive ketones (excluding diaryl/α,β-unsaturated/α-hetero) is 1. The van der Waals surface area contributed by atoms with E-state index >= 15 is 0 Å². The molecule has 0 saturated carbocycles. The Morgan fingerprint density at radius 1 is 1.05 bits per heavy atom. The van der Waals surface area contributed by atoms with Crippen LogP contribution in [0.15, 0.2) is 47.5 Å². The van der Waals surface area contributed by atoms with Crippen LogP contribution in [0.4, 0.5) is 0 Å². The third-order valence-corrected chi connectivity index (χ3v) is 4.06. The summed E-state index contributed by atoms with van der Waals surface area (Å²) in [6.07, 6.45) is 0. The van der Waals surface area contributed by atoms with Gasteiger partial charge in [0, 0.05) is 15.3 Å². The monoisotopic (exact) mass is 331 g/mol. The summed E-state index contributed by atoms with van der Waals surface area (Å²) in [5, 5.41) is 2.34. The number of hydrogen-bond acceptors (Lipinski definition) is 2. The highest BCUT2D eigenvalue weighted by Gasteiger charge is 2.31. The Balaban J connectivity index is 2.42. The molecule has 1 aliphatic rings. The van der Waals surface area contributed by atoms with Crippen LogP contribution in [-0.4, -0.2) is 11.7 Å². The van der Waals surface area contributed by atoms with Crippen LogP contribution >= 0.6 is 23.2 Å². The van der Waals surface area contributed by atoms with E-state index in [1.165, 1.54) is 6.92 Å². The smallest absolute Gasteiger partial charge is 0.261 e. The van der Waals surface area contributed by atoms with Gasteiger partial charge in [-0.2, -0.15) is 0 Å². The Morgan fingerprint density at radius 2 is 1.68 bits per heavy atom. The summed E-state index contributed by atoms with van der Waals surface area (Å²) in [5.41, 5.74) is 1.39. The molecular weight excluding hydrogens is 321 g/mol. The van der Waals surface area contributed by atoms with E-state index < -0.39 is 11.8 Å². The molecule has 0 saturated heterocycles. The van der Waals surface area contributed by atoms with E-state index in [1.807, 2.05) is 0 Å². The van der Waals surface area contributed by atoms with Gasteiger partial charge in [-0.3, -0.25) is 9.59 Å². The molecule has 2 aromatic rings. The van der Waals surface area contributed by atoms with Crippen molar-refractivity contribution in [2.24, 2.45) is 10.9 Å². The lowest BCUT2D eigenvalue weighted by Gasteiger charge is -2.19. The van der Waals surface area contributed by atoms with Gasteiger partial charge in [-0.15, -0.1) is 0 Å². The summed E-state index contributed by atoms with van der Waals surface area (Å²) in [6, 6.07) is 12.1. The molecule has 1 heterocycles. The molecule has 3 nitrogen and oxygen atoms in total. The molecule has 3 rings (SSSR count). The fraction of sp³-hybridized carbons (Fsp3) is 0.118. The number of rotatable bonds is 2. The van der Waals surface area contributed by atoms with Crippen LogP contribution < -0.4 is 10.6 Å². The van der Waals surface area contributed by atoms with Crippen molar-refractivity contribution in [1.82, 2.24) is 0 Å². The lowest BCUT2D eigenvalue weighted by Crippen LogP contribution is -2.40. The van der Waals surface area contributed by atoms with E-state index in [4.69, 9.17) is 23.2 Å². The van der Waals surface area contributed by atoms with Crippen molar-refractivity contribution in [3.63, 3.8) is 0 Å². The Labute approximate surface area is 136 Å². The summed E-state index contributed by atoms with van der Waals surface area (Å²) in [6.45, 7) is 1.39.